The van der Waals surface area contributed by atoms with E-state index < -0.39 is 29.1 Å². The Kier molecular flexibility index (Phi) is 7.48. The van der Waals surface area contributed by atoms with E-state index in [4.69, 9.17) is 4.74 Å². The number of fused-ring (bicyclic) bond motifs is 1. The molecule has 0 bridgehead atoms. The smallest absolute Gasteiger partial charge is 0.416 e. The Morgan fingerprint density at radius 2 is 1.77 bits per heavy atom. The molecule has 0 spiro atoms. The van der Waals surface area contributed by atoms with Crippen LogP contribution < -0.4 is 15.6 Å². The van der Waals surface area contributed by atoms with E-state index in [1.165, 1.54) is 26.2 Å². The van der Waals surface area contributed by atoms with Crippen LogP contribution in [0.1, 0.15) is 65.3 Å². The number of aliphatic hydroxyl groups excluding tert-OH is 1. The molecule has 4 rings (SSSR count). The van der Waals surface area contributed by atoms with Crippen molar-refractivity contribution in [2.45, 2.75) is 58.6 Å². The third-order valence-corrected chi connectivity index (χ3v) is 6.94. The largest absolute Gasteiger partial charge is 0.496 e. The normalized spacial score (nSPS) is 14.5. The summed E-state index contributed by atoms with van der Waals surface area (Å²) in [4.78, 5) is 32.9. The number of carbonyl (C=O) groups excluding carboxylic acids is 1. The molecule has 39 heavy (non-hydrogen) atoms. The Labute approximate surface area is 224 Å². The zero-order chi connectivity index (χ0) is 28.7. The minimum Gasteiger partial charge on any atom is -0.496 e. The number of benzene rings is 2. The van der Waals surface area contributed by atoms with Gasteiger partial charge in [-0.2, -0.15) is 13.2 Å². The fourth-order valence-corrected chi connectivity index (χ4v) is 4.66. The van der Waals surface area contributed by atoms with Crippen LogP contribution in [-0.2, 0) is 24.7 Å². The minimum atomic E-state index is -4.45. The molecule has 0 aliphatic carbocycles. The molecule has 1 unspecified atom stereocenters. The van der Waals surface area contributed by atoms with Gasteiger partial charge in [-0.3, -0.25) is 14.2 Å². The van der Waals surface area contributed by atoms with Gasteiger partial charge in [0.05, 0.1) is 36.0 Å². The number of aryl methyl sites for hydroxylation is 1. The summed E-state index contributed by atoms with van der Waals surface area (Å²) >= 11 is 0. The molecule has 0 saturated carbocycles. The van der Waals surface area contributed by atoms with Crippen LogP contribution in [0.4, 0.5) is 19.1 Å². The third kappa shape index (κ3) is 5.63. The Morgan fingerprint density at radius 1 is 1.13 bits per heavy atom. The van der Waals surface area contributed by atoms with Crippen molar-refractivity contribution in [3.05, 3.63) is 86.3 Å². The van der Waals surface area contributed by atoms with Crippen molar-refractivity contribution in [1.29, 1.82) is 0 Å². The molecule has 2 aromatic carbocycles. The van der Waals surface area contributed by atoms with Crippen molar-refractivity contribution >= 4 is 11.9 Å². The zero-order valence-electron chi connectivity index (χ0n) is 22.4. The Balaban J connectivity index is 1.65. The first-order valence-electron chi connectivity index (χ1n) is 12.4. The second-order valence-corrected chi connectivity index (χ2v) is 10.2. The number of hydrogen-bond acceptors (Lipinski definition) is 6. The summed E-state index contributed by atoms with van der Waals surface area (Å²) in [6.45, 7) is 7.11. The quantitative estimate of drug-likeness (QED) is 0.470. The molecule has 0 saturated heterocycles. The first kappa shape index (κ1) is 28.2. The molecule has 1 amide bonds. The van der Waals surface area contributed by atoms with Gasteiger partial charge in [0.25, 0.3) is 11.5 Å². The van der Waals surface area contributed by atoms with Crippen molar-refractivity contribution in [2.24, 2.45) is 0 Å². The summed E-state index contributed by atoms with van der Waals surface area (Å²) in [6.07, 6.45) is -5.40. The number of halogens is 3. The van der Waals surface area contributed by atoms with Gasteiger partial charge in [0.2, 0.25) is 5.95 Å². The molecule has 208 valence electrons. The molecular weight excluding hydrogens is 513 g/mol. The van der Waals surface area contributed by atoms with Crippen LogP contribution in [0.5, 0.6) is 5.75 Å². The van der Waals surface area contributed by atoms with Crippen LogP contribution in [0.2, 0.25) is 0 Å². The lowest BCUT2D eigenvalue weighted by Crippen LogP contribution is -2.43. The number of rotatable bonds is 6. The lowest BCUT2D eigenvalue weighted by Gasteiger charge is -2.32. The van der Waals surface area contributed by atoms with Crippen molar-refractivity contribution in [1.82, 2.24) is 14.5 Å². The van der Waals surface area contributed by atoms with Crippen LogP contribution in [-0.4, -0.2) is 39.1 Å². The maximum Gasteiger partial charge on any atom is 0.416 e. The Bertz CT molecular complexity index is 1450. The Morgan fingerprint density at radius 3 is 2.36 bits per heavy atom. The van der Waals surface area contributed by atoms with Crippen LogP contribution >= 0.6 is 0 Å². The van der Waals surface area contributed by atoms with E-state index in [9.17, 15) is 27.9 Å². The number of aromatic nitrogens is 2. The average molecular weight is 545 g/mol. The van der Waals surface area contributed by atoms with Gasteiger partial charge < -0.3 is 20.1 Å². The highest BCUT2D eigenvalue weighted by Crippen LogP contribution is 2.32. The maximum atomic E-state index is 13.5. The number of nitrogens with zero attached hydrogens (tertiary/aromatic N) is 3. The summed E-state index contributed by atoms with van der Waals surface area (Å²) in [6, 6.07) is 9.88. The van der Waals surface area contributed by atoms with Crippen LogP contribution in [0.3, 0.4) is 0 Å². The molecule has 11 heteroatoms. The van der Waals surface area contributed by atoms with Crippen molar-refractivity contribution < 1.29 is 27.8 Å². The van der Waals surface area contributed by atoms with Crippen LogP contribution in [0.15, 0.2) is 47.3 Å². The fraction of sp³-hybridized carbons (Fsp3) is 0.393. The van der Waals surface area contributed by atoms with Crippen molar-refractivity contribution in [3.63, 3.8) is 0 Å². The third-order valence-electron chi connectivity index (χ3n) is 6.94. The van der Waals surface area contributed by atoms with E-state index in [2.05, 4.69) is 10.3 Å². The first-order valence-corrected chi connectivity index (χ1v) is 12.4. The van der Waals surface area contributed by atoms with Crippen molar-refractivity contribution in [2.75, 3.05) is 19.0 Å². The predicted molar refractivity (Wildman–Crippen MR) is 140 cm³/mol. The van der Waals surface area contributed by atoms with Crippen LogP contribution in [0, 0.1) is 6.92 Å². The molecule has 2 heterocycles. The fourth-order valence-electron chi connectivity index (χ4n) is 4.66. The van der Waals surface area contributed by atoms with Crippen molar-refractivity contribution in [3.8, 4) is 5.75 Å². The van der Waals surface area contributed by atoms with Gasteiger partial charge in [-0.15, -0.1) is 0 Å². The van der Waals surface area contributed by atoms with Gasteiger partial charge in [-0.05, 0) is 63.1 Å². The van der Waals surface area contributed by atoms with Gasteiger partial charge in [-0.25, -0.2) is 4.98 Å². The first-order chi connectivity index (χ1) is 18.2. The molecule has 0 radical (unpaired) electrons. The number of hydrogen-bond donors (Lipinski definition) is 2. The Hall–Kier alpha value is -3.86. The molecule has 3 aromatic rings. The molecule has 8 nitrogen and oxygen atoms in total. The summed E-state index contributed by atoms with van der Waals surface area (Å²) in [5.74, 6) is 0.414. The molecular formula is C28H31F3N4O4. The van der Waals surface area contributed by atoms with E-state index in [0.717, 1.165) is 22.3 Å². The number of alkyl halides is 3. The van der Waals surface area contributed by atoms with Gasteiger partial charge in [-0.1, -0.05) is 18.2 Å². The summed E-state index contributed by atoms with van der Waals surface area (Å²) in [5.41, 5.74) is 0.446. The van der Waals surface area contributed by atoms with Gasteiger partial charge in [0.15, 0.2) is 0 Å². The van der Waals surface area contributed by atoms with Gasteiger partial charge >= 0.3 is 6.18 Å². The lowest BCUT2D eigenvalue weighted by molar-refractivity contribution is -0.137. The predicted octanol–water partition coefficient (Wildman–Crippen LogP) is 4.64. The molecule has 0 fully saturated rings. The molecule has 1 aromatic heterocycles. The number of carbonyl (C=O) groups is 1. The van der Waals surface area contributed by atoms with Crippen LogP contribution in [0.25, 0.3) is 0 Å². The SMILES string of the molecule is COc1cc(C(=O)N2CCc3nc(NC(C)(C)c4ccc(C(F)(F)F)cc4)n(C(C)O)c(=O)c3C2)ccc1C. The average Bonchev–Trinajstić information content (AvgIpc) is 2.87. The highest BCUT2D eigenvalue weighted by molar-refractivity contribution is 5.94. The summed E-state index contributed by atoms with van der Waals surface area (Å²) in [5, 5.41) is 13.6. The van der Waals surface area contributed by atoms with Gasteiger partial charge in [0, 0.05) is 18.5 Å². The van der Waals surface area contributed by atoms with E-state index in [-0.39, 0.29) is 18.4 Å². The highest BCUT2D eigenvalue weighted by atomic mass is 19.4. The number of methoxy groups -OCH3 is 1. The van der Waals surface area contributed by atoms with E-state index >= 15 is 0 Å². The minimum absolute atomic E-state index is 0.0193. The topological polar surface area (TPSA) is 96.7 Å². The molecule has 2 N–H and O–H groups in total. The number of aliphatic hydroxyl groups is 1. The van der Waals surface area contributed by atoms with E-state index in [0.29, 0.717) is 41.1 Å². The lowest BCUT2D eigenvalue weighted by atomic mass is 9.93. The van der Waals surface area contributed by atoms with E-state index in [1.54, 1.807) is 36.9 Å². The highest BCUT2D eigenvalue weighted by Gasteiger charge is 2.33. The number of ether oxygens (including phenoxy) is 1. The molecule has 1 atom stereocenters. The number of anilines is 1. The number of nitrogens with one attached hydrogen (secondary N) is 1. The van der Waals surface area contributed by atoms with E-state index in [1.807, 2.05) is 6.92 Å². The van der Waals surface area contributed by atoms with Gasteiger partial charge in [0.1, 0.15) is 12.0 Å². The molecule has 1 aliphatic heterocycles. The molecule has 1 aliphatic rings. The standard InChI is InChI=1S/C28H31F3N4O4/c1-16-6-7-18(14-23(16)39-5)24(37)34-13-12-22-21(15-34)25(38)35(17(2)36)26(32-22)33-27(3,4)19-8-10-20(11-9-19)28(29,30)31/h6-11,14,17,36H,12-13,15H2,1-5H3,(H,32,33). The zero-order valence-corrected chi connectivity index (χ0v) is 22.4. The second kappa shape index (κ2) is 10.4. The second-order valence-electron chi connectivity index (χ2n) is 10.2. The summed E-state index contributed by atoms with van der Waals surface area (Å²) in [7, 11) is 1.53. The summed E-state index contributed by atoms with van der Waals surface area (Å²) < 4.78 is 45.5. The monoisotopic (exact) mass is 544 g/mol. The number of amides is 1. The maximum absolute atomic E-state index is 13.5.